The number of hydrogen-bond acceptors (Lipinski definition) is 5. The Hall–Kier alpha value is -0.650. The number of carbonyl (C=O) groups excluding carboxylic acids is 1. The molecule has 0 unspecified atom stereocenters. The summed E-state index contributed by atoms with van der Waals surface area (Å²) in [5.74, 6) is -0.143. The van der Waals surface area contributed by atoms with Crippen LogP contribution >= 0.6 is 0 Å². The van der Waals surface area contributed by atoms with Gasteiger partial charge in [0.25, 0.3) is 0 Å². The van der Waals surface area contributed by atoms with Crippen LogP contribution in [0.2, 0.25) is 0 Å². The molecule has 4 atom stereocenters. The Kier molecular flexibility index (Phi) is 11.3. The van der Waals surface area contributed by atoms with Crippen LogP contribution in [0.25, 0.3) is 0 Å². The van der Waals surface area contributed by atoms with Gasteiger partial charge in [0.05, 0.1) is 31.5 Å². The van der Waals surface area contributed by atoms with Gasteiger partial charge < -0.3 is 19.7 Å². The molecule has 0 saturated carbocycles. The molecule has 1 aliphatic rings. The lowest BCUT2D eigenvalue weighted by Crippen LogP contribution is -2.26. The first-order valence-corrected chi connectivity index (χ1v) is 9.66. The molecule has 0 aromatic heterocycles. The minimum absolute atomic E-state index is 0.102. The van der Waals surface area contributed by atoms with E-state index in [1.807, 2.05) is 0 Å². The minimum atomic E-state index is -0.481. The van der Waals surface area contributed by atoms with Crippen LogP contribution < -0.4 is 0 Å². The van der Waals surface area contributed by atoms with Gasteiger partial charge >= 0.3 is 5.97 Å². The molecule has 0 spiro atoms. The molecule has 1 heterocycles. The molecular weight excluding hydrogens is 308 g/mol. The van der Waals surface area contributed by atoms with Crippen molar-refractivity contribution in [3.63, 3.8) is 0 Å². The van der Waals surface area contributed by atoms with E-state index in [1.54, 1.807) is 0 Å². The number of unbranched alkanes of at least 4 members (excludes halogenated alkanes) is 6. The second-order valence-corrected chi connectivity index (χ2v) is 6.96. The summed E-state index contributed by atoms with van der Waals surface area (Å²) in [6.07, 6.45) is 9.78. The molecule has 1 rings (SSSR count). The molecule has 0 amide bonds. The van der Waals surface area contributed by atoms with Crippen LogP contribution in [-0.4, -0.2) is 47.7 Å². The Bertz CT molecular complexity index is 334. The van der Waals surface area contributed by atoms with Gasteiger partial charge in [-0.1, -0.05) is 51.9 Å². The Morgan fingerprint density at radius 1 is 1.17 bits per heavy atom. The molecule has 0 aliphatic carbocycles. The summed E-state index contributed by atoms with van der Waals surface area (Å²) in [7, 11) is 1.42. The van der Waals surface area contributed by atoms with E-state index in [1.165, 1.54) is 7.11 Å². The summed E-state index contributed by atoms with van der Waals surface area (Å²) in [6, 6.07) is 0. The first-order valence-electron chi connectivity index (χ1n) is 9.66. The summed E-state index contributed by atoms with van der Waals surface area (Å²) in [5, 5.41) is 20.3. The maximum Gasteiger partial charge on any atom is 0.305 e. The van der Waals surface area contributed by atoms with E-state index in [-0.39, 0.29) is 18.2 Å². The number of aliphatic hydroxyl groups is 2. The van der Waals surface area contributed by atoms with Gasteiger partial charge in [0.1, 0.15) is 0 Å². The maximum atomic E-state index is 11.0. The summed E-state index contributed by atoms with van der Waals surface area (Å²) >= 11 is 0. The molecule has 0 bridgehead atoms. The van der Waals surface area contributed by atoms with E-state index >= 15 is 0 Å². The van der Waals surface area contributed by atoms with E-state index in [9.17, 15) is 15.0 Å². The Balaban J connectivity index is 2.06. The van der Waals surface area contributed by atoms with Crippen LogP contribution in [0.3, 0.4) is 0 Å². The summed E-state index contributed by atoms with van der Waals surface area (Å²) in [4.78, 5) is 11.0. The number of aliphatic hydroxyl groups excluding tert-OH is 2. The molecule has 0 aromatic rings. The van der Waals surface area contributed by atoms with Gasteiger partial charge in [0.2, 0.25) is 0 Å². The van der Waals surface area contributed by atoms with Crippen LogP contribution in [-0.2, 0) is 14.3 Å². The first kappa shape index (κ1) is 21.4. The number of methoxy groups -OCH3 is 1. The third kappa shape index (κ3) is 8.45. The van der Waals surface area contributed by atoms with Gasteiger partial charge in [0.15, 0.2) is 0 Å². The molecule has 0 aromatic carbocycles. The maximum absolute atomic E-state index is 11.0. The van der Waals surface area contributed by atoms with Gasteiger partial charge in [-0.25, -0.2) is 0 Å². The number of carbonyl (C=O) groups is 1. The lowest BCUT2D eigenvalue weighted by atomic mass is 10.0. The zero-order valence-electron chi connectivity index (χ0n) is 15.4. The zero-order valence-corrected chi connectivity index (χ0v) is 15.4. The molecule has 1 aliphatic heterocycles. The SMILES string of the molecule is CCCCC[C@@H]1O[C@@H]([C@@H](O)CCCCCCCC(=O)OC)C[C@@H]1O. The topological polar surface area (TPSA) is 76.0 Å². The molecule has 1 saturated heterocycles. The molecule has 5 nitrogen and oxygen atoms in total. The standard InChI is InChI=1S/C19H36O5/c1-3-4-8-12-17-16(21)14-18(24-17)15(20)11-9-6-5-7-10-13-19(22)23-2/h15-18,20-21H,3-14H2,1-2H3/t15-,16-,17-,18+/m0/s1. The Morgan fingerprint density at radius 2 is 1.88 bits per heavy atom. The van der Waals surface area contributed by atoms with Crippen molar-refractivity contribution in [2.75, 3.05) is 7.11 Å². The monoisotopic (exact) mass is 344 g/mol. The van der Waals surface area contributed by atoms with Crippen molar-refractivity contribution in [1.82, 2.24) is 0 Å². The Labute approximate surface area is 146 Å². The van der Waals surface area contributed by atoms with E-state index in [0.717, 1.165) is 64.2 Å². The number of rotatable bonds is 13. The van der Waals surface area contributed by atoms with Gasteiger partial charge in [-0.15, -0.1) is 0 Å². The molecule has 142 valence electrons. The minimum Gasteiger partial charge on any atom is -0.469 e. The van der Waals surface area contributed by atoms with Crippen LogP contribution in [0.5, 0.6) is 0 Å². The van der Waals surface area contributed by atoms with E-state index in [0.29, 0.717) is 12.8 Å². The van der Waals surface area contributed by atoms with Crippen LogP contribution in [0.15, 0.2) is 0 Å². The average Bonchev–Trinajstić information content (AvgIpc) is 2.95. The zero-order chi connectivity index (χ0) is 17.8. The molecule has 2 N–H and O–H groups in total. The van der Waals surface area contributed by atoms with Crippen molar-refractivity contribution >= 4 is 5.97 Å². The van der Waals surface area contributed by atoms with Crippen molar-refractivity contribution < 1.29 is 24.5 Å². The Morgan fingerprint density at radius 3 is 2.58 bits per heavy atom. The van der Waals surface area contributed by atoms with Crippen molar-refractivity contribution in [1.29, 1.82) is 0 Å². The van der Waals surface area contributed by atoms with Gasteiger partial charge in [-0.2, -0.15) is 0 Å². The van der Waals surface area contributed by atoms with Crippen molar-refractivity contribution in [2.24, 2.45) is 0 Å². The first-order chi connectivity index (χ1) is 11.6. The highest BCUT2D eigenvalue weighted by atomic mass is 16.5. The molecule has 24 heavy (non-hydrogen) atoms. The third-order valence-electron chi connectivity index (χ3n) is 4.88. The van der Waals surface area contributed by atoms with Gasteiger partial charge in [0, 0.05) is 12.8 Å². The second-order valence-electron chi connectivity index (χ2n) is 6.96. The lowest BCUT2D eigenvalue weighted by molar-refractivity contribution is -0.140. The van der Waals surface area contributed by atoms with Crippen LogP contribution in [0.1, 0.15) is 84.0 Å². The predicted octanol–water partition coefficient (Wildman–Crippen LogP) is 3.35. The van der Waals surface area contributed by atoms with Gasteiger partial charge in [-0.05, 0) is 19.3 Å². The number of esters is 1. The third-order valence-corrected chi connectivity index (χ3v) is 4.88. The highest BCUT2D eigenvalue weighted by Crippen LogP contribution is 2.28. The summed E-state index contributed by atoms with van der Waals surface area (Å²) < 4.78 is 10.5. The summed E-state index contributed by atoms with van der Waals surface area (Å²) in [5.41, 5.74) is 0. The molecular formula is C19H36O5. The predicted molar refractivity (Wildman–Crippen MR) is 93.8 cm³/mol. The fraction of sp³-hybridized carbons (Fsp3) is 0.947. The lowest BCUT2D eigenvalue weighted by Gasteiger charge is -2.19. The highest BCUT2D eigenvalue weighted by Gasteiger charge is 2.36. The summed E-state index contributed by atoms with van der Waals surface area (Å²) in [6.45, 7) is 2.16. The number of hydrogen-bond donors (Lipinski definition) is 2. The average molecular weight is 344 g/mol. The van der Waals surface area contributed by atoms with Crippen molar-refractivity contribution in [3.8, 4) is 0 Å². The number of ether oxygens (including phenoxy) is 2. The van der Waals surface area contributed by atoms with E-state index < -0.39 is 12.2 Å². The quantitative estimate of drug-likeness (QED) is 0.396. The molecule has 1 fully saturated rings. The van der Waals surface area contributed by atoms with E-state index in [4.69, 9.17) is 4.74 Å². The molecule has 0 radical (unpaired) electrons. The van der Waals surface area contributed by atoms with Gasteiger partial charge in [-0.3, -0.25) is 4.79 Å². The fourth-order valence-corrected chi connectivity index (χ4v) is 3.31. The van der Waals surface area contributed by atoms with Crippen LogP contribution in [0, 0.1) is 0 Å². The normalized spacial score (nSPS) is 24.9. The smallest absolute Gasteiger partial charge is 0.305 e. The van der Waals surface area contributed by atoms with Crippen molar-refractivity contribution in [2.45, 2.75) is 108 Å². The van der Waals surface area contributed by atoms with Crippen LogP contribution in [0.4, 0.5) is 0 Å². The van der Waals surface area contributed by atoms with Crippen molar-refractivity contribution in [3.05, 3.63) is 0 Å². The molecule has 5 heteroatoms. The highest BCUT2D eigenvalue weighted by molar-refractivity contribution is 5.68. The fourth-order valence-electron chi connectivity index (χ4n) is 3.31. The largest absolute Gasteiger partial charge is 0.469 e. The second kappa shape index (κ2) is 12.7. The van der Waals surface area contributed by atoms with E-state index in [2.05, 4.69) is 11.7 Å².